The highest BCUT2D eigenvalue weighted by Crippen LogP contribution is 2.20. The lowest BCUT2D eigenvalue weighted by Crippen LogP contribution is -2.45. The van der Waals surface area contributed by atoms with Gasteiger partial charge in [0.25, 0.3) is 0 Å². The predicted octanol–water partition coefficient (Wildman–Crippen LogP) is 0.831. The number of carboxylic acid groups (broad SMARTS) is 1. The third-order valence-electron chi connectivity index (χ3n) is 3.76. The number of aliphatic carboxylic acids is 1. The number of urea groups is 1. The molecule has 0 spiro atoms. The number of rotatable bonds is 5. The van der Waals surface area contributed by atoms with Gasteiger partial charge in [-0.1, -0.05) is 13.8 Å². The van der Waals surface area contributed by atoms with E-state index in [0.29, 0.717) is 24.9 Å². The predicted molar refractivity (Wildman–Crippen MR) is 73.1 cm³/mol. The van der Waals surface area contributed by atoms with Crippen LogP contribution in [0, 0.1) is 5.92 Å². The number of carbonyl (C=O) groups excluding carboxylic acids is 1. The average molecular weight is 271 g/mol. The minimum atomic E-state index is -0.881. The van der Waals surface area contributed by atoms with Crippen molar-refractivity contribution in [2.75, 3.05) is 27.2 Å². The van der Waals surface area contributed by atoms with Crippen LogP contribution in [0.25, 0.3) is 0 Å². The van der Waals surface area contributed by atoms with Crippen LogP contribution in [0.15, 0.2) is 0 Å². The van der Waals surface area contributed by atoms with Gasteiger partial charge in [0.15, 0.2) is 0 Å². The van der Waals surface area contributed by atoms with Gasteiger partial charge >= 0.3 is 12.0 Å². The van der Waals surface area contributed by atoms with Crippen LogP contribution in [-0.4, -0.2) is 66.2 Å². The second-order valence-corrected chi connectivity index (χ2v) is 5.57. The van der Waals surface area contributed by atoms with Gasteiger partial charge in [0.05, 0.1) is 6.42 Å². The fraction of sp³-hybridized carbons (Fsp3) is 0.846. The smallest absolute Gasteiger partial charge is 0.317 e. The van der Waals surface area contributed by atoms with Crippen LogP contribution < -0.4 is 5.32 Å². The Morgan fingerprint density at radius 1 is 1.42 bits per heavy atom. The third-order valence-corrected chi connectivity index (χ3v) is 3.76. The van der Waals surface area contributed by atoms with Crippen LogP contribution >= 0.6 is 0 Å². The van der Waals surface area contributed by atoms with E-state index in [-0.39, 0.29) is 18.5 Å². The van der Waals surface area contributed by atoms with Gasteiger partial charge in [-0.3, -0.25) is 4.79 Å². The van der Waals surface area contributed by atoms with Gasteiger partial charge in [-0.2, -0.15) is 0 Å². The fourth-order valence-corrected chi connectivity index (χ4v) is 2.56. The average Bonchev–Trinajstić information content (AvgIpc) is 2.70. The Morgan fingerprint density at radius 2 is 2.05 bits per heavy atom. The number of likely N-dealkylation sites (tertiary alicyclic amines) is 1. The molecule has 0 aromatic heterocycles. The summed E-state index contributed by atoms with van der Waals surface area (Å²) in [5.41, 5.74) is 0. The van der Waals surface area contributed by atoms with Crippen molar-refractivity contribution in [3.8, 4) is 0 Å². The highest BCUT2D eigenvalue weighted by atomic mass is 16.4. The van der Waals surface area contributed by atoms with Gasteiger partial charge in [0.2, 0.25) is 0 Å². The molecule has 1 saturated heterocycles. The van der Waals surface area contributed by atoms with Crippen molar-refractivity contribution in [2.24, 2.45) is 5.92 Å². The summed E-state index contributed by atoms with van der Waals surface area (Å²) in [6.07, 6.45) is 0.598. The first-order valence-electron chi connectivity index (χ1n) is 6.78. The van der Waals surface area contributed by atoms with Gasteiger partial charge in [0.1, 0.15) is 0 Å². The Labute approximate surface area is 114 Å². The molecule has 3 atom stereocenters. The number of hydrogen-bond donors (Lipinski definition) is 2. The van der Waals surface area contributed by atoms with Crippen LogP contribution in [0.5, 0.6) is 0 Å². The molecular formula is C13H25N3O3. The molecule has 1 fully saturated rings. The summed E-state index contributed by atoms with van der Waals surface area (Å²) >= 11 is 0. The zero-order valence-corrected chi connectivity index (χ0v) is 12.2. The molecule has 3 unspecified atom stereocenters. The second-order valence-electron chi connectivity index (χ2n) is 5.57. The number of carbonyl (C=O) groups is 2. The molecule has 1 aliphatic heterocycles. The summed E-state index contributed by atoms with van der Waals surface area (Å²) in [5, 5.41) is 11.6. The lowest BCUT2D eigenvalue weighted by Gasteiger charge is -2.23. The normalized spacial score (nSPS) is 24.6. The minimum Gasteiger partial charge on any atom is -0.481 e. The van der Waals surface area contributed by atoms with Crippen molar-refractivity contribution >= 4 is 12.0 Å². The highest BCUT2D eigenvalue weighted by Gasteiger charge is 2.34. The molecule has 6 nitrogen and oxygen atoms in total. The first-order chi connectivity index (χ1) is 8.85. The lowest BCUT2D eigenvalue weighted by atomic mass is 10.1. The Bertz CT molecular complexity index is 333. The Balaban J connectivity index is 2.52. The second kappa shape index (κ2) is 6.75. The number of likely N-dealkylation sites (N-methyl/N-ethyl adjacent to an activating group) is 1. The Morgan fingerprint density at radius 3 is 2.47 bits per heavy atom. The lowest BCUT2D eigenvalue weighted by molar-refractivity contribution is -0.137. The Hall–Kier alpha value is -1.30. The fourth-order valence-electron chi connectivity index (χ4n) is 2.56. The monoisotopic (exact) mass is 271 g/mol. The first-order valence-corrected chi connectivity index (χ1v) is 6.78. The third kappa shape index (κ3) is 4.38. The minimum absolute atomic E-state index is 0.0251. The molecule has 0 aromatic rings. The number of nitrogens with one attached hydrogen (secondary N) is 1. The topological polar surface area (TPSA) is 72.9 Å². The quantitative estimate of drug-likeness (QED) is 0.777. The van der Waals surface area contributed by atoms with Gasteiger partial charge in [-0.15, -0.1) is 0 Å². The standard InChI is InChI=1S/C13H25N3O3/c1-5-10(6-12(17)18)14-13(19)16-7-9(2)11(8-16)15(3)4/h9-11H,5-8H2,1-4H3,(H,14,19)(H,17,18). The zero-order valence-electron chi connectivity index (χ0n) is 12.2. The molecule has 1 heterocycles. The highest BCUT2D eigenvalue weighted by molar-refractivity contribution is 5.76. The van der Waals surface area contributed by atoms with Crippen molar-refractivity contribution in [3.05, 3.63) is 0 Å². The molecule has 19 heavy (non-hydrogen) atoms. The molecule has 1 aliphatic rings. The van der Waals surface area contributed by atoms with Crippen LogP contribution in [0.2, 0.25) is 0 Å². The number of carboxylic acids is 1. The number of amides is 2. The van der Waals surface area contributed by atoms with E-state index < -0.39 is 5.97 Å². The van der Waals surface area contributed by atoms with Crippen LogP contribution in [0.1, 0.15) is 26.7 Å². The van der Waals surface area contributed by atoms with Crippen LogP contribution in [-0.2, 0) is 4.79 Å². The maximum atomic E-state index is 12.1. The van der Waals surface area contributed by atoms with E-state index in [4.69, 9.17) is 5.11 Å². The number of nitrogens with zero attached hydrogens (tertiary/aromatic N) is 2. The molecular weight excluding hydrogens is 246 g/mol. The van der Waals surface area contributed by atoms with Gasteiger partial charge < -0.3 is 20.2 Å². The summed E-state index contributed by atoms with van der Waals surface area (Å²) in [6, 6.07) is -0.0756. The molecule has 0 aliphatic carbocycles. The first kappa shape index (κ1) is 15.8. The Kier molecular flexibility index (Phi) is 5.60. The summed E-state index contributed by atoms with van der Waals surface area (Å²) in [5.74, 6) is -0.451. The van der Waals surface area contributed by atoms with E-state index in [1.807, 2.05) is 21.0 Å². The van der Waals surface area contributed by atoms with E-state index in [1.54, 1.807) is 4.90 Å². The molecule has 0 saturated carbocycles. The maximum Gasteiger partial charge on any atom is 0.317 e. The largest absolute Gasteiger partial charge is 0.481 e. The maximum absolute atomic E-state index is 12.1. The summed E-state index contributed by atoms with van der Waals surface area (Å²) in [7, 11) is 4.03. The summed E-state index contributed by atoms with van der Waals surface area (Å²) in [4.78, 5) is 26.7. The molecule has 0 aromatic carbocycles. The molecule has 6 heteroatoms. The van der Waals surface area contributed by atoms with E-state index in [9.17, 15) is 9.59 Å². The SMILES string of the molecule is CCC(CC(=O)O)NC(=O)N1CC(C)C(N(C)C)C1. The van der Waals surface area contributed by atoms with Crippen molar-refractivity contribution in [3.63, 3.8) is 0 Å². The molecule has 0 bridgehead atoms. The van der Waals surface area contributed by atoms with Crippen molar-refractivity contribution in [1.82, 2.24) is 15.1 Å². The van der Waals surface area contributed by atoms with Crippen LogP contribution in [0.3, 0.4) is 0 Å². The van der Waals surface area contributed by atoms with E-state index in [1.165, 1.54) is 0 Å². The molecule has 0 radical (unpaired) electrons. The molecule has 2 amide bonds. The summed E-state index contributed by atoms with van der Waals surface area (Å²) < 4.78 is 0. The number of hydrogen-bond acceptors (Lipinski definition) is 3. The van der Waals surface area contributed by atoms with E-state index >= 15 is 0 Å². The summed E-state index contributed by atoms with van der Waals surface area (Å²) in [6.45, 7) is 5.43. The van der Waals surface area contributed by atoms with E-state index in [0.717, 1.165) is 6.54 Å². The van der Waals surface area contributed by atoms with Crippen LogP contribution in [0.4, 0.5) is 4.79 Å². The molecule has 110 valence electrons. The van der Waals surface area contributed by atoms with Gasteiger partial charge in [0, 0.05) is 25.2 Å². The van der Waals surface area contributed by atoms with Gasteiger partial charge in [-0.05, 0) is 26.4 Å². The van der Waals surface area contributed by atoms with Crippen molar-refractivity contribution < 1.29 is 14.7 Å². The van der Waals surface area contributed by atoms with E-state index in [2.05, 4.69) is 17.1 Å². The molecule has 1 rings (SSSR count). The zero-order chi connectivity index (χ0) is 14.6. The van der Waals surface area contributed by atoms with Crippen molar-refractivity contribution in [1.29, 1.82) is 0 Å². The van der Waals surface area contributed by atoms with Crippen molar-refractivity contribution in [2.45, 2.75) is 38.8 Å². The van der Waals surface area contributed by atoms with Gasteiger partial charge in [-0.25, -0.2) is 4.79 Å². The molecule has 2 N–H and O–H groups in total.